The van der Waals surface area contributed by atoms with E-state index in [9.17, 15) is 9.18 Å². The molecule has 14 heavy (non-hydrogen) atoms. The first-order valence-corrected chi connectivity index (χ1v) is 4.36. The highest BCUT2D eigenvalue weighted by Crippen LogP contribution is 2.17. The largest absolute Gasteiger partial charge is 0.480 e. The van der Waals surface area contributed by atoms with Crippen LogP contribution in [0.2, 0.25) is 0 Å². The number of carbonyl (C=O) groups is 1. The van der Waals surface area contributed by atoms with Gasteiger partial charge in [0.25, 0.3) is 0 Å². The van der Waals surface area contributed by atoms with Crippen molar-refractivity contribution >= 4 is 11.7 Å². The van der Waals surface area contributed by atoms with Crippen molar-refractivity contribution in [3.05, 3.63) is 30.1 Å². The summed E-state index contributed by atoms with van der Waals surface area (Å²) in [5, 5.41) is 8.60. The summed E-state index contributed by atoms with van der Waals surface area (Å²) in [4.78, 5) is 12.0. The topological polar surface area (TPSA) is 40.5 Å². The number of carboxylic acids is 1. The number of anilines is 1. The average Bonchev–Trinajstić information content (AvgIpc) is 2.15. The van der Waals surface area contributed by atoms with Gasteiger partial charge in [0, 0.05) is 6.54 Å². The number of nitrogens with zero attached hydrogens (tertiary/aromatic N) is 1. The Balaban J connectivity index is 2.89. The Kier molecular flexibility index (Phi) is 3.45. The average molecular weight is 197 g/mol. The lowest BCUT2D eigenvalue weighted by atomic mass is 10.2. The zero-order valence-corrected chi connectivity index (χ0v) is 7.90. The van der Waals surface area contributed by atoms with Gasteiger partial charge >= 0.3 is 5.97 Å². The zero-order chi connectivity index (χ0) is 10.6. The molecular formula is C10H12FNO2. The minimum absolute atomic E-state index is 0.183. The summed E-state index contributed by atoms with van der Waals surface area (Å²) >= 11 is 0. The third-order valence-corrected chi connectivity index (χ3v) is 1.90. The van der Waals surface area contributed by atoms with Crippen LogP contribution in [-0.2, 0) is 4.79 Å². The van der Waals surface area contributed by atoms with Gasteiger partial charge in [0.05, 0.1) is 5.69 Å². The molecular weight excluding hydrogens is 185 g/mol. The molecule has 0 fully saturated rings. The molecule has 0 spiro atoms. The maximum Gasteiger partial charge on any atom is 0.323 e. The number of hydrogen-bond donors (Lipinski definition) is 1. The molecule has 0 aliphatic carbocycles. The van der Waals surface area contributed by atoms with Crippen LogP contribution in [0.5, 0.6) is 0 Å². The van der Waals surface area contributed by atoms with Gasteiger partial charge in [-0.1, -0.05) is 12.1 Å². The van der Waals surface area contributed by atoms with E-state index in [-0.39, 0.29) is 6.54 Å². The van der Waals surface area contributed by atoms with Gasteiger partial charge in [0.2, 0.25) is 0 Å². The van der Waals surface area contributed by atoms with E-state index in [2.05, 4.69) is 0 Å². The van der Waals surface area contributed by atoms with E-state index in [0.29, 0.717) is 12.2 Å². The minimum Gasteiger partial charge on any atom is -0.480 e. The molecule has 0 atom stereocenters. The first-order chi connectivity index (χ1) is 6.65. The number of aliphatic carboxylic acids is 1. The van der Waals surface area contributed by atoms with Crippen molar-refractivity contribution < 1.29 is 14.3 Å². The molecule has 1 rings (SSSR count). The van der Waals surface area contributed by atoms with Crippen molar-refractivity contribution in [2.75, 3.05) is 18.0 Å². The minimum atomic E-state index is -0.963. The van der Waals surface area contributed by atoms with Gasteiger partial charge in [-0.25, -0.2) is 4.39 Å². The van der Waals surface area contributed by atoms with E-state index in [0.717, 1.165) is 0 Å². The van der Waals surface area contributed by atoms with Crippen LogP contribution in [0.25, 0.3) is 0 Å². The van der Waals surface area contributed by atoms with Crippen LogP contribution in [0.15, 0.2) is 24.3 Å². The number of benzene rings is 1. The third-order valence-electron chi connectivity index (χ3n) is 1.90. The molecule has 3 nitrogen and oxygen atoms in total. The number of hydrogen-bond acceptors (Lipinski definition) is 2. The third kappa shape index (κ3) is 2.45. The smallest absolute Gasteiger partial charge is 0.323 e. The Bertz CT molecular complexity index is 328. The monoisotopic (exact) mass is 197 g/mol. The van der Waals surface area contributed by atoms with Crippen molar-refractivity contribution in [2.24, 2.45) is 0 Å². The van der Waals surface area contributed by atoms with E-state index >= 15 is 0 Å². The molecule has 0 aliphatic heterocycles. The quantitative estimate of drug-likeness (QED) is 0.799. The lowest BCUT2D eigenvalue weighted by molar-refractivity contribution is -0.135. The van der Waals surface area contributed by atoms with Gasteiger partial charge in [-0.05, 0) is 19.1 Å². The molecule has 0 bridgehead atoms. The van der Waals surface area contributed by atoms with Crippen LogP contribution in [-0.4, -0.2) is 24.2 Å². The molecule has 0 radical (unpaired) electrons. The van der Waals surface area contributed by atoms with Crippen molar-refractivity contribution in [3.63, 3.8) is 0 Å². The zero-order valence-electron chi connectivity index (χ0n) is 7.90. The van der Waals surface area contributed by atoms with Crippen LogP contribution in [0, 0.1) is 5.82 Å². The van der Waals surface area contributed by atoms with Crippen molar-refractivity contribution in [1.29, 1.82) is 0 Å². The van der Waals surface area contributed by atoms with Crippen LogP contribution in [0.3, 0.4) is 0 Å². The van der Waals surface area contributed by atoms with E-state index < -0.39 is 11.8 Å². The number of para-hydroxylation sites is 1. The fourth-order valence-electron chi connectivity index (χ4n) is 1.24. The molecule has 0 aromatic heterocycles. The molecule has 0 aliphatic rings. The maximum absolute atomic E-state index is 13.2. The summed E-state index contributed by atoms with van der Waals surface area (Å²) in [7, 11) is 0. The SMILES string of the molecule is CCN(CC(=O)O)c1ccccc1F. The fourth-order valence-corrected chi connectivity index (χ4v) is 1.24. The van der Waals surface area contributed by atoms with Crippen molar-refractivity contribution in [2.45, 2.75) is 6.92 Å². The second-order valence-corrected chi connectivity index (χ2v) is 2.86. The Morgan fingerprint density at radius 1 is 1.50 bits per heavy atom. The van der Waals surface area contributed by atoms with Crippen molar-refractivity contribution in [3.8, 4) is 0 Å². The summed E-state index contributed by atoms with van der Waals surface area (Å²) in [6.45, 7) is 2.07. The summed E-state index contributed by atoms with van der Waals surface area (Å²) in [6.07, 6.45) is 0. The molecule has 0 saturated heterocycles. The lowest BCUT2D eigenvalue weighted by Gasteiger charge is -2.20. The lowest BCUT2D eigenvalue weighted by Crippen LogP contribution is -2.29. The summed E-state index contributed by atoms with van der Waals surface area (Å²) in [5.41, 5.74) is 0.331. The first-order valence-electron chi connectivity index (χ1n) is 4.36. The number of carboxylic acid groups (broad SMARTS) is 1. The van der Waals surface area contributed by atoms with Crippen LogP contribution >= 0.6 is 0 Å². The van der Waals surface area contributed by atoms with Crippen LogP contribution in [0.4, 0.5) is 10.1 Å². The molecule has 4 heteroatoms. The Morgan fingerprint density at radius 2 is 2.14 bits per heavy atom. The maximum atomic E-state index is 13.2. The highest BCUT2D eigenvalue weighted by molar-refractivity contribution is 5.73. The number of likely N-dealkylation sites (N-methyl/N-ethyl adjacent to an activating group) is 1. The summed E-state index contributed by atoms with van der Waals surface area (Å²) in [6, 6.07) is 6.15. The molecule has 1 N–H and O–H groups in total. The summed E-state index contributed by atoms with van der Waals surface area (Å²) < 4.78 is 13.2. The van der Waals surface area contributed by atoms with Gasteiger partial charge in [0.1, 0.15) is 12.4 Å². The number of halogens is 1. The standard InChI is InChI=1S/C10H12FNO2/c1-2-12(7-10(13)14)9-6-4-3-5-8(9)11/h3-6H,2,7H2,1H3,(H,13,14). The van der Waals surface area contributed by atoms with Gasteiger partial charge in [-0.2, -0.15) is 0 Å². The predicted octanol–water partition coefficient (Wildman–Crippen LogP) is 1.74. The second-order valence-electron chi connectivity index (χ2n) is 2.86. The van der Waals surface area contributed by atoms with Gasteiger partial charge in [0.15, 0.2) is 0 Å². The molecule has 1 aromatic rings. The Hall–Kier alpha value is -1.58. The molecule has 0 saturated carbocycles. The fraction of sp³-hybridized carbons (Fsp3) is 0.300. The molecule has 0 unspecified atom stereocenters. The molecule has 1 aromatic carbocycles. The van der Waals surface area contributed by atoms with Crippen LogP contribution in [0.1, 0.15) is 6.92 Å². The van der Waals surface area contributed by atoms with Crippen molar-refractivity contribution in [1.82, 2.24) is 0 Å². The molecule has 0 heterocycles. The summed E-state index contributed by atoms with van der Waals surface area (Å²) in [5.74, 6) is -1.36. The van der Waals surface area contributed by atoms with Gasteiger partial charge in [-0.15, -0.1) is 0 Å². The number of rotatable bonds is 4. The van der Waals surface area contributed by atoms with Crippen LogP contribution < -0.4 is 4.90 Å². The van der Waals surface area contributed by atoms with Gasteiger partial charge in [-0.3, -0.25) is 4.79 Å². The second kappa shape index (κ2) is 4.60. The van der Waals surface area contributed by atoms with E-state index in [4.69, 9.17) is 5.11 Å². The van der Waals surface area contributed by atoms with Gasteiger partial charge < -0.3 is 10.0 Å². The van der Waals surface area contributed by atoms with E-state index in [1.807, 2.05) is 0 Å². The Morgan fingerprint density at radius 3 is 2.64 bits per heavy atom. The highest BCUT2D eigenvalue weighted by atomic mass is 19.1. The normalized spacial score (nSPS) is 9.86. The van der Waals surface area contributed by atoms with E-state index in [1.165, 1.54) is 11.0 Å². The Labute approximate surface area is 81.8 Å². The first kappa shape index (κ1) is 10.5. The highest BCUT2D eigenvalue weighted by Gasteiger charge is 2.11. The predicted molar refractivity (Wildman–Crippen MR) is 51.9 cm³/mol. The molecule has 76 valence electrons. The van der Waals surface area contributed by atoms with E-state index in [1.54, 1.807) is 25.1 Å². The molecule has 0 amide bonds.